The molecule has 1 aliphatic rings. The Morgan fingerprint density at radius 2 is 1.96 bits per heavy atom. The molecule has 1 aromatic carbocycles. The van der Waals surface area contributed by atoms with Crippen LogP contribution in [0.4, 0.5) is 0 Å². The second-order valence-corrected chi connectivity index (χ2v) is 7.74. The predicted octanol–water partition coefficient (Wildman–Crippen LogP) is 3.41. The first kappa shape index (κ1) is 18.0. The molecule has 0 aromatic heterocycles. The Hall–Kier alpha value is -1.35. The molecule has 1 unspecified atom stereocenters. The summed E-state index contributed by atoms with van der Waals surface area (Å²) >= 11 is 0. The highest BCUT2D eigenvalue weighted by Crippen LogP contribution is 2.26. The molecule has 0 spiro atoms. The second-order valence-electron chi connectivity index (χ2n) is 7.74. The molecule has 3 heteroatoms. The molecule has 23 heavy (non-hydrogen) atoms. The first-order valence-corrected chi connectivity index (χ1v) is 8.93. The minimum absolute atomic E-state index is 0.0427. The predicted molar refractivity (Wildman–Crippen MR) is 96.6 cm³/mol. The first-order chi connectivity index (χ1) is 10.9. The van der Waals surface area contributed by atoms with Crippen LogP contribution in [-0.2, 0) is 10.2 Å². The van der Waals surface area contributed by atoms with E-state index in [0.29, 0.717) is 24.8 Å². The molecule has 1 fully saturated rings. The summed E-state index contributed by atoms with van der Waals surface area (Å²) in [6.45, 7) is 11.6. The SMILES string of the molecule is Cc1ccccc1C(C)(C)CNC(=O)CC(C)C1CCNCC1. The zero-order chi connectivity index (χ0) is 16.9. The number of nitrogens with one attached hydrogen (secondary N) is 2. The number of hydrogen-bond donors (Lipinski definition) is 2. The van der Waals surface area contributed by atoms with Crippen molar-refractivity contribution >= 4 is 5.91 Å². The normalized spacial score (nSPS) is 17.7. The van der Waals surface area contributed by atoms with E-state index < -0.39 is 0 Å². The third-order valence-electron chi connectivity index (χ3n) is 5.30. The monoisotopic (exact) mass is 316 g/mol. The van der Waals surface area contributed by atoms with Gasteiger partial charge >= 0.3 is 0 Å². The van der Waals surface area contributed by atoms with Gasteiger partial charge in [-0.2, -0.15) is 0 Å². The quantitative estimate of drug-likeness (QED) is 0.844. The highest BCUT2D eigenvalue weighted by Gasteiger charge is 2.25. The van der Waals surface area contributed by atoms with Crippen molar-refractivity contribution in [2.45, 2.75) is 52.4 Å². The van der Waals surface area contributed by atoms with E-state index in [0.717, 1.165) is 13.1 Å². The van der Waals surface area contributed by atoms with Gasteiger partial charge in [-0.25, -0.2) is 0 Å². The van der Waals surface area contributed by atoms with Gasteiger partial charge in [0, 0.05) is 18.4 Å². The van der Waals surface area contributed by atoms with Crippen molar-refractivity contribution in [3.05, 3.63) is 35.4 Å². The molecular formula is C20H32N2O. The van der Waals surface area contributed by atoms with Crippen LogP contribution in [-0.4, -0.2) is 25.5 Å². The van der Waals surface area contributed by atoms with Crippen LogP contribution in [0.25, 0.3) is 0 Å². The summed E-state index contributed by atoms with van der Waals surface area (Å²) in [4.78, 5) is 12.3. The molecule has 1 atom stereocenters. The first-order valence-electron chi connectivity index (χ1n) is 8.93. The van der Waals surface area contributed by atoms with E-state index in [1.807, 2.05) is 0 Å². The van der Waals surface area contributed by atoms with Crippen molar-refractivity contribution < 1.29 is 4.79 Å². The molecule has 0 bridgehead atoms. The maximum absolute atomic E-state index is 12.3. The minimum Gasteiger partial charge on any atom is -0.355 e. The summed E-state index contributed by atoms with van der Waals surface area (Å²) in [5, 5.41) is 6.55. The fourth-order valence-corrected chi connectivity index (χ4v) is 3.69. The van der Waals surface area contributed by atoms with Crippen molar-refractivity contribution in [1.82, 2.24) is 10.6 Å². The van der Waals surface area contributed by atoms with Gasteiger partial charge in [-0.15, -0.1) is 0 Å². The van der Waals surface area contributed by atoms with Crippen molar-refractivity contribution in [1.29, 1.82) is 0 Å². The minimum atomic E-state index is -0.0427. The van der Waals surface area contributed by atoms with Gasteiger partial charge in [0.2, 0.25) is 5.91 Å². The molecule has 1 aromatic rings. The second kappa shape index (κ2) is 7.96. The lowest BCUT2D eigenvalue weighted by Gasteiger charge is -2.30. The molecule has 1 heterocycles. The van der Waals surface area contributed by atoms with Crippen LogP contribution in [0.1, 0.15) is 51.2 Å². The molecule has 2 N–H and O–H groups in total. The maximum Gasteiger partial charge on any atom is 0.220 e. The molecule has 0 aliphatic carbocycles. The Bertz CT molecular complexity index is 518. The topological polar surface area (TPSA) is 41.1 Å². The number of amides is 1. The fourth-order valence-electron chi connectivity index (χ4n) is 3.69. The summed E-state index contributed by atoms with van der Waals surface area (Å²) in [7, 11) is 0. The Kier molecular flexibility index (Phi) is 6.23. The van der Waals surface area contributed by atoms with Gasteiger partial charge in [-0.1, -0.05) is 45.0 Å². The summed E-state index contributed by atoms with van der Waals surface area (Å²) in [6, 6.07) is 8.44. The lowest BCUT2D eigenvalue weighted by Crippen LogP contribution is -2.38. The van der Waals surface area contributed by atoms with Crippen LogP contribution in [0, 0.1) is 18.8 Å². The summed E-state index contributed by atoms with van der Waals surface area (Å²) in [5.74, 6) is 1.35. The van der Waals surface area contributed by atoms with Crippen LogP contribution in [0.3, 0.4) is 0 Å². The van der Waals surface area contributed by atoms with E-state index in [-0.39, 0.29) is 11.3 Å². The van der Waals surface area contributed by atoms with E-state index in [9.17, 15) is 4.79 Å². The van der Waals surface area contributed by atoms with Gasteiger partial charge in [-0.3, -0.25) is 4.79 Å². The van der Waals surface area contributed by atoms with Crippen LogP contribution in [0.5, 0.6) is 0 Å². The van der Waals surface area contributed by atoms with E-state index >= 15 is 0 Å². The Morgan fingerprint density at radius 3 is 2.61 bits per heavy atom. The molecular weight excluding hydrogens is 284 g/mol. The fraction of sp³-hybridized carbons (Fsp3) is 0.650. The smallest absolute Gasteiger partial charge is 0.220 e. The number of carbonyl (C=O) groups is 1. The molecule has 0 radical (unpaired) electrons. The molecule has 128 valence electrons. The van der Waals surface area contributed by atoms with Gasteiger partial charge < -0.3 is 10.6 Å². The number of carbonyl (C=O) groups excluding carboxylic acids is 1. The van der Waals surface area contributed by atoms with Gasteiger partial charge in [0.05, 0.1) is 0 Å². The number of rotatable bonds is 6. The van der Waals surface area contributed by atoms with Crippen molar-refractivity contribution in [2.24, 2.45) is 11.8 Å². The van der Waals surface area contributed by atoms with Crippen LogP contribution in [0.15, 0.2) is 24.3 Å². The molecule has 1 amide bonds. The van der Waals surface area contributed by atoms with Gasteiger partial charge in [-0.05, 0) is 55.8 Å². The molecule has 3 nitrogen and oxygen atoms in total. The largest absolute Gasteiger partial charge is 0.355 e. The third kappa shape index (κ3) is 5.07. The standard InChI is InChI=1S/C20H32N2O/c1-15-7-5-6-8-18(15)20(3,4)14-22-19(23)13-16(2)17-9-11-21-12-10-17/h5-8,16-17,21H,9-14H2,1-4H3,(H,22,23). The number of benzene rings is 1. The average molecular weight is 316 g/mol. The molecule has 0 saturated carbocycles. The third-order valence-corrected chi connectivity index (χ3v) is 5.30. The lowest BCUT2D eigenvalue weighted by molar-refractivity contribution is -0.122. The Balaban J connectivity index is 1.84. The lowest BCUT2D eigenvalue weighted by atomic mass is 9.81. The zero-order valence-corrected chi connectivity index (χ0v) is 15.1. The Morgan fingerprint density at radius 1 is 1.30 bits per heavy atom. The van der Waals surface area contributed by atoms with Gasteiger partial charge in [0.25, 0.3) is 0 Å². The average Bonchev–Trinajstić information content (AvgIpc) is 2.54. The van der Waals surface area contributed by atoms with Crippen molar-refractivity contribution in [3.8, 4) is 0 Å². The van der Waals surface area contributed by atoms with Crippen molar-refractivity contribution in [3.63, 3.8) is 0 Å². The molecule has 1 saturated heterocycles. The Labute approximate surface area is 141 Å². The zero-order valence-electron chi connectivity index (χ0n) is 15.1. The summed E-state index contributed by atoms with van der Waals surface area (Å²) < 4.78 is 0. The highest BCUT2D eigenvalue weighted by atomic mass is 16.1. The van der Waals surface area contributed by atoms with E-state index in [1.165, 1.54) is 24.0 Å². The summed E-state index contributed by atoms with van der Waals surface area (Å²) in [5.41, 5.74) is 2.56. The van der Waals surface area contributed by atoms with Gasteiger partial charge in [0.15, 0.2) is 0 Å². The maximum atomic E-state index is 12.3. The van der Waals surface area contributed by atoms with Crippen LogP contribution in [0.2, 0.25) is 0 Å². The number of aryl methyl sites for hydroxylation is 1. The van der Waals surface area contributed by atoms with E-state index in [1.54, 1.807) is 0 Å². The molecule has 2 rings (SSSR count). The summed E-state index contributed by atoms with van der Waals surface area (Å²) in [6.07, 6.45) is 3.04. The van der Waals surface area contributed by atoms with E-state index in [4.69, 9.17) is 0 Å². The van der Waals surface area contributed by atoms with Gasteiger partial charge in [0.1, 0.15) is 0 Å². The number of hydrogen-bond acceptors (Lipinski definition) is 2. The van der Waals surface area contributed by atoms with Crippen LogP contribution < -0.4 is 10.6 Å². The van der Waals surface area contributed by atoms with Crippen molar-refractivity contribution in [2.75, 3.05) is 19.6 Å². The highest BCUT2D eigenvalue weighted by molar-refractivity contribution is 5.76. The molecule has 1 aliphatic heterocycles. The van der Waals surface area contributed by atoms with E-state index in [2.05, 4.69) is 62.6 Å². The van der Waals surface area contributed by atoms with Crippen LogP contribution >= 0.6 is 0 Å². The number of piperidine rings is 1.